The Labute approximate surface area is 131 Å². The molecule has 2 nitrogen and oxygen atoms in total. The fraction of sp³-hybridized carbons (Fsp3) is 0.947. The van der Waals surface area contributed by atoms with Gasteiger partial charge in [0.1, 0.15) is 5.78 Å². The van der Waals surface area contributed by atoms with Gasteiger partial charge in [-0.05, 0) is 43.6 Å². The maximum Gasteiger partial charge on any atom is 0.137 e. The molecule has 0 N–H and O–H groups in total. The quantitative estimate of drug-likeness (QED) is 0.750. The summed E-state index contributed by atoms with van der Waals surface area (Å²) in [5, 5.41) is 0. The number of Topliss-reactive ketones (excluding diaryl/α,β-unsaturated/α-hetero) is 1. The van der Waals surface area contributed by atoms with Gasteiger partial charge in [0, 0.05) is 24.9 Å². The van der Waals surface area contributed by atoms with Crippen molar-refractivity contribution in [3.05, 3.63) is 0 Å². The third kappa shape index (κ3) is 4.55. The average Bonchev–Trinajstić information content (AvgIpc) is 2.46. The molecule has 0 heterocycles. The molecule has 2 aliphatic carbocycles. The summed E-state index contributed by atoms with van der Waals surface area (Å²) in [7, 11) is 0. The van der Waals surface area contributed by atoms with Crippen molar-refractivity contribution < 1.29 is 4.79 Å². The molecule has 2 atom stereocenters. The summed E-state index contributed by atoms with van der Waals surface area (Å²) in [5.74, 6) is 1.54. The first-order valence-electron chi connectivity index (χ1n) is 9.18. The van der Waals surface area contributed by atoms with E-state index < -0.39 is 0 Å². The minimum Gasteiger partial charge on any atom is -0.300 e. The smallest absolute Gasteiger partial charge is 0.137 e. The lowest BCUT2D eigenvalue weighted by atomic mass is 9.68. The maximum atomic E-state index is 12.4. The van der Waals surface area contributed by atoms with Gasteiger partial charge in [0.15, 0.2) is 0 Å². The largest absolute Gasteiger partial charge is 0.300 e. The predicted molar refractivity (Wildman–Crippen MR) is 89.4 cm³/mol. The second kappa shape index (κ2) is 7.26. The van der Waals surface area contributed by atoms with E-state index in [1.807, 2.05) is 0 Å². The minimum atomic E-state index is 0.296. The van der Waals surface area contributed by atoms with E-state index in [-0.39, 0.29) is 0 Å². The van der Waals surface area contributed by atoms with Gasteiger partial charge in [0.05, 0.1) is 0 Å². The normalized spacial score (nSPS) is 29.1. The SMILES string of the molecule is CCN(CC1CC(C(C)(C)C)CCC1=O)C1CCCCC1. The van der Waals surface area contributed by atoms with E-state index in [1.165, 1.54) is 32.1 Å². The van der Waals surface area contributed by atoms with Crippen molar-refractivity contribution in [1.29, 1.82) is 0 Å². The van der Waals surface area contributed by atoms with Crippen molar-refractivity contribution in [2.45, 2.75) is 85.1 Å². The lowest BCUT2D eigenvalue weighted by Crippen LogP contribution is -2.44. The number of rotatable bonds is 4. The van der Waals surface area contributed by atoms with Crippen molar-refractivity contribution in [3.8, 4) is 0 Å². The molecule has 21 heavy (non-hydrogen) atoms. The average molecular weight is 293 g/mol. The highest BCUT2D eigenvalue weighted by Gasteiger charge is 2.36. The fourth-order valence-corrected chi connectivity index (χ4v) is 4.34. The zero-order chi connectivity index (χ0) is 15.5. The van der Waals surface area contributed by atoms with Crippen LogP contribution in [0.15, 0.2) is 0 Å². The van der Waals surface area contributed by atoms with E-state index in [4.69, 9.17) is 0 Å². The molecule has 2 saturated carbocycles. The van der Waals surface area contributed by atoms with E-state index in [9.17, 15) is 4.79 Å². The number of carbonyl (C=O) groups excluding carboxylic acids is 1. The zero-order valence-electron chi connectivity index (χ0n) is 14.7. The Kier molecular flexibility index (Phi) is 5.88. The van der Waals surface area contributed by atoms with Crippen LogP contribution < -0.4 is 0 Å². The highest BCUT2D eigenvalue weighted by molar-refractivity contribution is 5.82. The first-order valence-corrected chi connectivity index (χ1v) is 9.18. The molecule has 0 aliphatic heterocycles. The second-order valence-corrected chi connectivity index (χ2v) is 8.38. The fourth-order valence-electron chi connectivity index (χ4n) is 4.34. The molecule has 0 aromatic heterocycles. The van der Waals surface area contributed by atoms with Crippen LogP contribution in [0.4, 0.5) is 0 Å². The lowest BCUT2D eigenvalue weighted by molar-refractivity contribution is -0.127. The Morgan fingerprint density at radius 2 is 1.76 bits per heavy atom. The number of hydrogen-bond donors (Lipinski definition) is 0. The summed E-state index contributed by atoms with van der Waals surface area (Å²) in [6.45, 7) is 11.4. The van der Waals surface area contributed by atoms with Crippen LogP contribution in [-0.2, 0) is 4.79 Å². The van der Waals surface area contributed by atoms with E-state index in [0.29, 0.717) is 23.0 Å². The first-order chi connectivity index (χ1) is 9.91. The van der Waals surface area contributed by atoms with Gasteiger partial charge in [-0.1, -0.05) is 47.0 Å². The van der Waals surface area contributed by atoms with Gasteiger partial charge in [0.25, 0.3) is 0 Å². The molecule has 2 heteroatoms. The van der Waals surface area contributed by atoms with Crippen LogP contribution in [0.5, 0.6) is 0 Å². The van der Waals surface area contributed by atoms with Crippen molar-refractivity contribution in [1.82, 2.24) is 4.90 Å². The molecular weight excluding hydrogens is 258 g/mol. The molecule has 0 saturated heterocycles. The maximum absolute atomic E-state index is 12.4. The van der Waals surface area contributed by atoms with Crippen LogP contribution in [0.1, 0.15) is 79.1 Å². The Morgan fingerprint density at radius 1 is 1.10 bits per heavy atom. The van der Waals surface area contributed by atoms with Crippen molar-refractivity contribution >= 4 is 5.78 Å². The highest BCUT2D eigenvalue weighted by Crippen LogP contribution is 2.39. The van der Waals surface area contributed by atoms with Gasteiger partial charge in [-0.25, -0.2) is 0 Å². The lowest BCUT2D eigenvalue weighted by Gasteiger charge is -2.40. The topological polar surface area (TPSA) is 20.3 Å². The molecule has 0 aromatic rings. The molecule has 2 fully saturated rings. The standard InChI is InChI=1S/C19H35NO/c1-5-20(17-9-7-6-8-10-17)14-15-13-16(19(2,3)4)11-12-18(15)21/h15-17H,5-14H2,1-4H3. The number of carbonyl (C=O) groups is 1. The van der Waals surface area contributed by atoms with Crippen LogP contribution in [0.25, 0.3) is 0 Å². The number of hydrogen-bond acceptors (Lipinski definition) is 2. The van der Waals surface area contributed by atoms with Crippen LogP contribution in [0, 0.1) is 17.3 Å². The Morgan fingerprint density at radius 3 is 2.33 bits per heavy atom. The molecule has 0 radical (unpaired) electrons. The van der Waals surface area contributed by atoms with Crippen LogP contribution in [0.2, 0.25) is 0 Å². The summed E-state index contributed by atoms with van der Waals surface area (Å²) < 4.78 is 0. The van der Waals surface area contributed by atoms with Gasteiger partial charge in [-0.15, -0.1) is 0 Å². The van der Waals surface area contributed by atoms with Gasteiger partial charge in [-0.3, -0.25) is 9.69 Å². The number of ketones is 1. The molecule has 0 aromatic carbocycles. The van der Waals surface area contributed by atoms with E-state index in [0.717, 1.165) is 38.4 Å². The number of nitrogens with zero attached hydrogens (tertiary/aromatic N) is 1. The van der Waals surface area contributed by atoms with E-state index >= 15 is 0 Å². The van der Waals surface area contributed by atoms with E-state index in [2.05, 4.69) is 32.6 Å². The summed E-state index contributed by atoms with van der Waals surface area (Å²) in [5.41, 5.74) is 0.348. The molecule has 2 aliphatic rings. The third-order valence-corrected chi connectivity index (χ3v) is 5.94. The second-order valence-electron chi connectivity index (χ2n) is 8.38. The summed E-state index contributed by atoms with van der Waals surface area (Å²) in [6, 6.07) is 0.742. The van der Waals surface area contributed by atoms with E-state index in [1.54, 1.807) is 0 Å². The molecule has 0 spiro atoms. The highest BCUT2D eigenvalue weighted by atomic mass is 16.1. The van der Waals surface area contributed by atoms with Crippen molar-refractivity contribution in [3.63, 3.8) is 0 Å². The first kappa shape index (κ1) is 17.0. The van der Waals surface area contributed by atoms with Crippen LogP contribution in [0.3, 0.4) is 0 Å². The van der Waals surface area contributed by atoms with Gasteiger partial charge in [0.2, 0.25) is 0 Å². The summed E-state index contributed by atoms with van der Waals surface area (Å²) >= 11 is 0. The third-order valence-electron chi connectivity index (χ3n) is 5.94. The Hall–Kier alpha value is -0.370. The molecule has 122 valence electrons. The van der Waals surface area contributed by atoms with Crippen LogP contribution in [-0.4, -0.2) is 29.8 Å². The molecule has 0 amide bonds. The monoisotopic (exact) mass is 293 g/mol. The molecule has 2 unspecified atom stereocenters. The molecule has 2 rings (SSSR count). The minimum absolute atomic E-state index is 0.296. The Bertz CT molecular complexity index is 338. The van der Waals surface area contributed by atoms with Gasteiger partial charge < -0.3 is 0 Å². The molecule has 0 bridgehead atoms. The summed E-state index contributed by atoms with van der Waals surface area (Å²) in [4.78, 5) is 15.0. The van der Waals surface area contributed by atoms with Crippen molar-refractivity contribution in [2.24, 2.45) is 17.3 Å². The zero-order valence-corrected chi connectivity index (χ0v) is 14.7. The van der Waals surface area contributed by atoms with Crippen molar-refractivity contribution in [2.75, 3.05) is 13.1 Å². The van der Waals surface area contributed by atoms with Gasteiger partial charge in [-0.2, -0.15) is 0 Å². The Balaban J connectivity index is 1.96. The molecular formula is C19H35NO. The predicted octanol–water partition coefficient (Wildman–Crippen LogP) is 4.67. The summed E-state index contributed by atoms with van der Waals surface area (Å²) in [6.07, 6.45) is 9.89. The van der Waals surface area contributed by atoms with Crippen LogP contribution >= 0.6 is 0 Å². The van der Waals surface area contributed by atoms with Gasteiger partial charge >= 0.3 is 0 Å².